The van der Waals surface area contributed by atoms with Gasteiger partial charge < -0.3 is 5.11 Å². The van der Waals surface area contributed by atoms with Gasteiger partial charge >= 0.3 is 0 Å². The zero-order chi connectivity index (χ0) is 19.1. The summed E-state index contributed by atoms with van der Waals surface area (Å²) in [6, 6.07) is 14.5. The Bertz CT molecular complexity index is 787. The number of hydrogen-bond donors (Lipinski definition) is 2. The summed E-state index contributed by atoms with van der Waals surface area (Å²) in [4.78, 5) is 16.5. The van der Waals surface area contributed by atoms with Crippen molar-refractivity contribution in [2.24, 2.45) is 5.10 Å². The van der Waals surface area contributed by atoms with Crippen molar-refractivity contribution < 1.29 is 9.90 Å². The molecule has 0 radical (unpaired) electrons. The molecule has 0 unspecified atom stereocenters. The molecule has 1 aliphatic heterocycles. The lowest BCUT2D eigenvalue weighted by Gasteiger charge is -2.34. The number of nitrogens with one attached hydrogen (secondary N) is 1. The third-order valence-electron chi connectivity index (χ3n) is 4.48. The van der Waals surface area contributed by atoms with Gasteiger partial charge in [0.05, 0.1) is 12.8 Å². The van der Waals surface area contributed by atoms with E-state index in [0.29, 0.717) is 6.54 Å². The number of amides is 1. The van der Waals surface area contributed by atoms with Crippen LogP contribution >= 0.6 is 11.6 Å². The third-order valence-corrected chi connectivity index (χ3v) is 4.85. The molecule has 27 heavy (non-hydrogen) atoms. The fourth-order valence-electron chi connectivity index (χ4n) is 2.95. The van der Waals surface area contributed by atoms with Crippen LogP contribution in [0.4, 0.5) is 0 Å². The molecule has 0 spiro atoms. The summed E-state index contributed by atoms with van der Waals surface area (Å²) in [5.74, 6) is 0.0643. The predicted molar refractivity (Wildman–Crippen MR) is 107 cm³/mol. The fraction of sp³-hybridized carbons (Fsp3) is 0.300. The van der Waals surface area contributed by atoms with Crippen LogP contribution in [0.5, 0.6) is 5.75 Å². The van der Waals surface area contributed by atoms with Crippen molar-refractivity contribution in [1.29, 1.82) is 0 Å². The van der Waals surface area contributed by atoms with E-state index in [9.17, 15) is 9.90 Å². The first-order valence-corrected chi connectivity index (χ1v) is 9.27. The highest BCUT2D eigenvalue weighted by molar-refractivity contribution is 6.31. The van der Waals surface area contributed by atoms with Gasteiger partial charge in [-0.1, -0.05) is 29.8 Å². The van der Waals surface area contributed by atoms with Crippen molar-refractivity contribution in [2.75, 3.05) is 32.7 Å². The van der Waals surface area contributed by atoms with Crippen molar-refractivity contribution >= 4 is 23.7 Å². The maximum absolute atomic E-state index is 12.0. The highest BCUT2D eigenvalue weighted by atomic mass is 35.5. The standard InChI is InChI=1S/C20H23ClN4O2/c21-19-4-2-1-3-17(19)14-24-9-11-25(12-10-24)15-20(27)23-22-13-16-5-7-18(26)8-6-16/h1-8,13,26H,9-12,14-15H2,(H,23,27)/b22-13-. The number of piperazine rings is 1. The number of halogens is 1. The first-order chi connectivity index (χ1) is 13.1. The smallest absolute Gasteiger partial charge is 0.254 e. The van der Waals surface area contributed by atoms with E-state index in [1.165, 1.54) is 0 Å². The van der Waals surface area contributed by atoms with Crippen molar-refractivity contribution in [3.8, 4) is 5.75 Å². The molecule has 3 rings (SSSR count). The molecule has 2 aromatic carbocycles. The molecule has 1 fully saturated rings. The Morgan fingerprint density at radius 3 is 2.44 bits per heavy atom. The maximum atomic E-state index is 12.0. The molecule has 1 heterocycles. The van der Waals surface area contributed by atoms with Crippen LogP contribution in [0.3, 0.4) is 0 Å². The van der Waals surface area contributed by atoms with E-state index in [2.05, 4.69) is 20.3 Å². The van der Waals surface area contributed by atoms with Gasteiger partial charge in [0.15, 0.2) is 0 Å². The normalized spacial score (nSPS) is 15.9. The second-order valence-corrected chi connectivity index (χ2v) is 6.94. The van der Waals surface area contributed by atoms with E-state index in [4.69, 9.17) is 11.6 Å². The lowest BCUT2D eigenvalue weighted by molar-refractivity contribution is -0.122. The Kier molecular flexibility index (Phi) is 6.81. The summed E-state index contributed by atoms with van der Waals surface area (Å²) in [6.45, 7) is 4.62. The molecule has 7 heteroatoms. The minimum atomic E-state index is -0.135. The predicted octanol–water partition coefficient (Wildman–Crippen LogP) is 2.31. The minimum absolute atomic E-state index is 0.135. The molecule has 142 valence electrons. The van der Waals surface area contributed by atoms with Crippen LogP contribution in [0, 0.1) is 0 Å². The minimum Gasteiger partial charge on any atom is -0.508 e. The Balaban J connectivity index is 1.39. The van der Waals surface area contributed by atoms with E-state index < -0.39 is 0 Å². The van der Waals surface area contributed by atoms with Gasteiger partial charge in [-0.15, -0.1) is 0 Å². The first-order valence-electron chi connectivity index (χ1n) is 8.89. The summed E-state index contributed by atoms with van der Waals surface area (Å²) in [6.07, 6.45) is 1.55. The second kappa shape index (κ2) is 9.50. The average Bonchev–Trinajstić information content (AvgIpc) is 2.67. The largest absolute Gasteiger partial charge is 0.508 e. The van der Waals surface area contributed by atoms with Crippen LogP contribution in [0.2, 0.25) is 5.02 Å². The molecule has 0 aliphatic carbocycles. The molecule has 0 atom stereocenters. The van der Waals surface area contributed by atoms with Gasteiger partial charge in [0.1, 0.15) is 5.75 Å². The second-order valence-electron chi connectivity index (χ2n) is 6.53. The number of phenols is 1. The lowest BCUT2D eigenvalue weighted by atomic mass is 10.2. The van der Waals surface area contributed by atoms with Crippen molar-refractivity contribution in [3.63, 3.8) is 0 Å². The number of rotatable bonds is 6. The Morgan fingerprint density at radius 1 is 1.07 bits per heavy atom. The van der Waals surface area contributed by atoms with Crippen molar-refractivity contribution in [3.05, 3.63) is 64.7 Å². The molecule has 0 aromatic heterocycles. The van der Waals surface area contributed by atoms with Gasteiger partial charge in [0.25, 0.3) is 5.91 Å². The average molecular weight is 387 g/mol. The van der Waals surface area contributed by atoms with Gasteiger partial charge in [0.2, 0.25) is 0 Å². The molecule has 0 bridgehead atoms. The van der Waals surface area contributed by atoms with Crippen LogP contribution < -0.4 is 5.43 Å². The number of phenolic OH excluding ortho intramolecular Hbond substituents is 1. The molecular weight excluding hydrogens is 364 g/mol. The Hall–Kier alpha value is -2.41. The van der Waals surface area contributed by atoms with E-state index in [1.807, 2.05) is 24.3 Å². The summed E-state index contributed by atoms with van der Waals surface area (Å²) in [5, 5.41) is 14.0. The molecule has 0 saturated carbocycles. The Labute approximate surface area is 164 Å². The molecule has 1 saturated heterocycles. The number of hydrazone groups is 1. The topological polar surface area (TPSA) is 68.2 Å². The van der Waals surface area contributed by atoms with E-state index in [-0.39, 0.29) is 11.7 Å². The van der Waals surface area contributed by atoms with Gasteiger partial charge in [-0.3, -0.25) is 14.6 Å². The van der Waals surface area contributed by atoms with Crippen LogP contribution in [0.25, 0.3) is 0 Å². The van der Waals surface area contributed by atoms with Gasteiger partial charge in [-0.05, 0) is 41.5 Å². The van der Waals surface area contributed by atoms with Crippen LogP contribution in [-0.2, 0) is 11.3 Å². The SMILES string of the molecule is O=C(CN1CCN(Cc2ccccc2Cl)CC1)N/N=C\c1ccc(O)cc1. The number of carbonyl (C=O) groups is 1. The summed E-state index contributed by atoms with van der Waals surface area (Å²) in [7, 11) is 0. The van der Waals surface area contributed by atoms with Crippen LogP contribution in [-0.4, -0.2) is 59.8 Å². The van der Waals surface area contributed by atoms with Gasteiger partial charge in [-0.2, -0.15) is 5.10 Å². The molecule has 2 N–H and O–H groups in total. The third kappa shape index (κ3) is 6.06. The van der Waals surface area contributed by atoms with E-state index >= 15 is 0 Å². The maximum Gasteiger partial charge on any atom is 0.254 e. The van der Waals surface area contributed by atoms with Crippen molar-refractivity contribution in [1.82, 2.24) is 15.2 Å². The van der Waals surface area contributed by atoms with Gasteiger partial charge in [-0.25, -0.2) is 5.43 Å². The number of carbonyl (C=O) groups excluding carboxylic acids is 1. The summed E-state index contributed by atoms with van der Waals surface area (Å²) < 4.78 is 0. The van der Waals surface area contributed by atoms with Crippen molar-refractivity contribution in [2.45, 2.75) is 6.54 Å². The molecular formula is C20H23ClN4O2. The lowest BCUT2D eigenvalue weighted by Crippen LogP contribution is -2.48. The van der Waals surface area contributed by atoms with Crippen LogP contribution in [0.15, 0.2) is 53.6 Å². The van der Waals surface area contributed by atoms with Crippen LogP contribution in [0.1, 0.15) is 11.1 Å². The number of hydrogen-bond acceptors (Lipinski definition) is 5. The molecule has 1 amide bonds. The Morgan fingerprint density at radius 2 is 1.74 bits per heavy atom. The molecule has 1 aliphatic rings. The monoisotopic (exact) mass is 386 g/mol. The number of aromatic hydroxyl groups is 1. The first kappa shape index (κ1) is 19.4. The highest BCUT2D eigenvalue weighted by Crippen LogP contribution is 2.17. The summed E-state index contributed by atoms with van der Waals surface area (Å²) >= 11 is 6.23. The summed E-state index contributed by atoms with van der Waals surface area (Å²) in [5.41, 5.74) is 4.49. The number of nitrogens with zero attached hydrogens (tertiary/aromatic N) is 3. The van der Waals surface area contributed by atoms with Gasteiger partial charge in [0, 0.05) is 37.7 Å². The van der Waals surface area contributed by atoms with E-state index in [1.54, 1.807) is 30.5 Å². The fourth-order valence-corrected chi connectivity index (χ4v) is 3.15. The highest BCUT2D eigenvalue weighted by Gasteiger charge is 2.19. The quantitative estimate of drug-likeness (QED) is 0.590. The molecule has 2 aromatic rings. The zero-order valence-electron chi connectivity index (χ0n) is 15.0. The zero-order valence-corrected chi connectivity index (χ0v) is 15.8. The number of benzene rings is 2. The molecule has 6 nitrogen and oxygen atoms in total. The van der Waals surface area contributed by atoms with E-state index in [0.717, 1.165) is 48.9 Å².